The summed E-state index contributed by atoms with van der Waals surface area (Å²) in [6.07, 6.45) is 3.62. The Kier molecular flexibility index (Phi) is 11.8. The molecule has 0 saturated carbocycles. The summed E-state index contributed by atoms with van der Waals surface area (Å²) in [6.45, 7) is 10.8. The lowest BCUT2D eigenvalue weighted by molar-refractivity contribution is -0.170. The van der Waals surface area contributed by atoms with Gasteiger partial charge in [0.25, 0.3) is 0 Å². The Morgan fingerprint density at radius 3 is 1.76 bits per heavy atom. The highest BCUT2D eigenvalue weighted by molar-refractivity contribution is 5.88. The van der Waals surface area contributed by atoms with Gasteiger partial charge in [-0.05, 0) is 58.2 Å². The van der Waals surface area contributed by atoms with Crippen molar-refractivity contribution in [1.29, 1.82) is 0 Å². The Morgan fingerprint density at radius 1 is 0.881 bits per heavy atom. The second-order valence-electron chi connectivity index (χ2n) is 11.8. The van der Waals surface area contributed by atoms with E-state index in [1.165, 1.54) is 5.56 Å². The normalized spacial score (nSPS) is 16.2. The van der Waals surface area contributed by atoms with Crippen molar-refractivity contribution in [1.82, 2.24) is 20.2 Å². The zero-order valence-electron chi connectivity index (χ0n) is 25.0. The van der Waals surface area contributed by atoms with Crippen LogP contribution >= 0.6 is 0 Å². The monoisotopic (exact) mass is 590 g/mol. The van der Waals surface area contributed by atoms with Crippen LogP contribution < -0.4 is 14.8 Å². The zero-order chi connectivity index (χ0) is 31.7. The molecular weight excluding hydrogens is 548 g/mol. The van der Waals surface area contributed by atoms with Crippen molar-refractivity contribution in [3.8, 4) is 11.8 Å². The van der Waals surface area contributed by atoms with Crippen LogP contribution in [-0.4, -0.2) is 90.1 Å². The summed E-state index contributed by atoms with van der Waals surface area (Å²) in [5, 5.41) is 37.6. The minimum Gasteiger partial charge on any atom is -0.497 e. The predicted octanol–water partition coefficient (Wildman–Crippen LogP) is 2.56. The third kappa shape index (κ3) is 10.9. The van der Waals surface area contributed by atoms with E-state index < -0.39 is 36.4 Å². The van der Waals surface area contributed by atoms with Gasteiger partial charge in [0.2, 0.25) is 0 Å². The van der Waals surface area contributed by atoms with E-state index in [9.17, 15) is 14.4 Å². The molecule has 3 rings (SSSR count). The van der Waals surface area contributed by atoms with Crippen LogP contribution in [0.1, 0.15) is 64.5 Å². The molecule has 2 heterocycles. The Morgan fingerprint density at radius 2 is 1.36 bits per heavy atom. The van der Waals surface area contributed by atoms with E-state index in [0.717, 1.165) is 37.2 Å². The number of hydrogen-bond donors (Lipinski definition) is 5. The van der Waals surface area contributed by atoms with Gasteiger partial charge in [0.1, 0.15) is 5.75 Å². The van der Waals surface area contributed by atoms with Gasteiger partial charge in [0.05, 0.1) is 27.1 Å². The lowest BCUT2D eigenvalue weighted by Gasteiger charge is -2.49. The molecule has 0 radical (unpaired) electrons. The number of benzene rings is 1. The molecule has 13 nitrogen and oxygen atoms in total. The molecule has 0 unspecified atom stereocenters. The summed E-state index contributed by atoms with van der Waals surface area (Å²) in [5.41, 5.74) is -0.206. The first kappa shape index (κ1) is 34.4. The summed E-state index contributed by atoms with van der Waals surface area (Å²) < 4.78 is 10.4. The second kappa shape index (κ2) is 14.4. The van der Waals surface area contributed by atoms with Crippen LogP contribution in [0.3, 0.4) is 0 Å². The second-order valence-corrected chi connectivity index (χ2v) is 11.8. The van der Waals surface area contributed by atoms with E-state index in [-0.39, 0.29) is 11.1 Å². The summed E-state index contributed by atoms with van der Waals surface area (Å²) in [5.74, 6) is -4.14. The topological polar surface area (TPSA) is 192 Å². The standard InChI is InChI=1S/C23H34N4O2.C6H8O7/c1-22(2)11-19(12-23(3,4)26-22)27(15-17-7-9-20(28-5)10-8-17)16-18-13-24-21(29-6)25-14-18;7-3(8)1-6(13,5(11)12)2-4(9)10/h7-10,13-14,19,26H,11-12,15-16H2,1-6H3;13H,1-2H2,(H,7,8)(H,9,10)(H,11,12). The summed E-state index contributed by atoms with van der Waals surface area (Å²) >= 11 is 0. The van der Waals surface area contributed by atoms with Crippen LogP contribution in [0.2, 0.25) is 0 Å². The zero-order valence-corrected chi connectivity index (χ0v) is 25.0. The number of carboxylic acids is 3. The number of methoxy groups -OCH3 is 2. The van der Waals surface area contributed by atoms with Gasteiger partial charge in [0.15, 0.2) is 5.60 Å². The predicted molar refractivity (Wildman–Crippen MR) is 152 cm³/mol. The minimum absolute atomic E-state index is 0.0843. The third-order valence-corrected chi connectivity index (χ3v) is 6.77. The average molecular weight is 591 g/mol. The fourth-order valence-electron chi connectivity index (χ4n) is 5.28. The van der Waals surface area contributed by atoms with Gasteiger partial charge >= 0.3 is 23.9 Å². The van der Waals surface area contributed by atoms with Gasteiger partial charge in [-0.3, -0.25) is 14.5 Å². The van der Waals surface area contributed by atoms with E-state index in [1.54, 1.807) is 14.2 Å². The van der Waals surface area contributed by atoms with Crippen LogP contribution in [0.15, 0.2) is 36.7 Å². The molecule has 0 atom stereocenters. The van der Waals surface area contributed by atoms with Crippen LogP contribution in [0, 0.1) is 0 Å². The van der Waals surface area contributed by atoms with Crippen molar-refractivity contribution in [3.63, 3.8) is 0 Å². The molecule has 1 saturated heterocycles. The SMILES string of the molecule is COc1ccc(CN(Cc2cnc(OC)nc2)C2CC(C)(C)NC(C)(C)C2)cc1.O=C(O)CC(O)(CC(=O)O)C(=O)O. The highest BCUT2D eigenvalue weighted by Crippen LogP contribution is 2.33. The molecule has 1 aliphatic heterocycles. The lowest BCUT2D eigenvalue weighted by Crippen LogP contribution is -2.62. The number of rotatable bonds is 12. The number of aromatic nitrogens is 2. The fourth-order valence-corrected chi connectivity index (χ4v) is 5.28. The fraction of sp³-hybridized carbons (Fsp3) is 0.552. The molecule has 1 aromatic carbocycles. The van der Waals surface area contributed by atoms with E-state index in [0.29, 0.717) is 12.1 Å². The number of carbonyl (C=O) groups is 3. The Labute approximate surface area is 245 Å². The molecule has 1 aliphatic rings. The number of aliphatic carboxylic acids is 3. The van der Waals surface area contributed by atoms with Crippen LogP contribution in [0.4, 0.5) is 0 Å². The van der Waals surface area contributed by atoms with Crippen molar-refractivity contribution in [3.05, 3.63) is 47.8 Å². The van der Waals surface area contributed by atoms with Crippen molar-refractivity contribution >= 4 is 17.9 Å². The van der Waals surface area contributed by atoms with Gasteiger partial charge in [-0.15, -0.1) is 0 Å². The molecular formula is C29H42N4O9. The van der Waals surface area contributed by atoms with Crippen LogP contribution in [0.5, 0.6) is 11.8 Å². The molecule has 1 fully saturated rings. The van der Waals surface area contributed by atoms with E-state index in [4.69, 9.17) is 29.9 Å². The van der Waals surface area contributed by atoms with E-state index >= 15 is 0 Å². The first-order valence-electron chi connectivity index (χ1n) is 13.4. The van der Waals surface area contributed by atoms with Gasteiger partial charge in [-0.25, -0.2) is 14.8 Å². The molecule has 0 amide bonds. The molecule has 232 valence electrons. The Hall–Kier alpha value is -3.81. The van der Waals surface area contributed by atoms with Crippen LogP contribution in [0.25, 0.3) is 0 Å². The smallest absolute Gasteiger partial charge is 0.336 e. The summed E-state index contributed by atoms with van der Waals surface area (Å²) in [7, 11) is 3.29. The first-order chi connectivity index (χ1) is 19.5. The number of nitrogens with one attached hydrogen (secondary N) is 1. The maximum absolute atomic E-state index is 10.3. The van der Waals surface area contributed by atoms with Gasteiger partial charge < -0.3 is 35.2 Å². The quantitative estimate of drug-likeness (QED) is 0.242. The summed E-state index contributed by atoms with van der Waals surface area (Å²) in [4.78, 5) is 41.6. The maximum atomic E-state index is 10.3. The van der Waals surface area contributed by atoms with Crippen molar-refractivity contribution in [2.75, 3.05) is 14.2 Å². The molecule has 1 aromatic heterocycles. The maximum Gasteiger partial charge on any atom is 0.336 e. The number of hydrogen-bond acceptors (Lipinski definition) is 10. The van der Waals surface area contributed by atoms with Crippen LogP contribution in [-0.2, 0) is 27.5 Å². The molecule has 5 N–H and O–H groups in total. The first-order valence-corrected chi connectivity index (χ1v) is 13.4. The largest absolute Gasteiger partial charge is 0.497 e. The van der Waals surface area contributed by atoms with E-state index in [1.807, 2.05) is 24.5 Å². The molecule has 0 aliphatic carbocycles. The summed E-state index contributed by atoms with van der Waals surface area (Å²) in [6, 6.07) is 9.20. The molecule has 13 heteroatoms. The highest BCUT2D eigenvalue weighted by atomic mass is 16.5. The lowest BCUT2D eigenvalue weighted by atomic mass is 9.79. The van der Waals surface area contributed by atoms with Crippen molar-refractivity contribution in [2.24, 2.45) is 0 Å². The molecule has 2 aromatic rings. The molecule has 42 heavy (non-hydrogen) atoms. The average Bonchev–Trinajstić information content (AvgIpc) is 2.86. The number of aliphatic hydroxyl groups is 1. The number of piperidine rings is 1. The number of carboxylic acid groups (broad SMARTS) is 3. The number of ether oxygens (including phenoxy) is 2. The van der Waals surface area contributed by atoms with Gasteiger partial charge in [-0.2, -0.15) is 0 Å². The van der Waals surface area contributed by atoms with Gasteiger partial charge in [0, 0.05) is 48.2 Å². The van der Waals surface area contributed by atoms with Gasteiger partial charge in [-0.1, -0.05) is 12.1 Å². The Bertz CT molecular complexity index is 1120. The van der Waals surface area contributed by atoms with Crippen molar-refractivity contribution < 1.29 is 44.3 Å². The molecule has 0 bridgehead atoms. The minimum atomic E-state index is -2.74. The van der Waals surface area contributed by atoms with Crippen molar-refractivity contribution in [2.45, 2.75) is 89.2 Å². The Balaban J connectivity index is 0.000000401. The third-order valence-electron chi connectivity index (χ3n) is 6.77. The molecule has 0 spiro atoms. The number of nitrogens with zero attached hydrogens (tertiary/aromatic N) is 3. The van der Waals surface area contributed by atoms with E-state index in [2.05, 4.69) is 60.0 Å². The highest BCUT2D eigenvalue weighted by Gasteiger charge is 2.41.